The van der Waals surface area contributed by atoms with Crippen LogP contribution in [0.3, 0.4) is 0 Å². The first-order chi connectivity index (χ1) is 22.3. The molecule has 0 unspecified atom stereocenters. The number of hydrogen-bond acceptors (Lipinski definition) is 9. The van der Waals surface area contributed by atoms with Crippen LogP contribution < -0.4 is 27.4 Å². The third kappa shape index (κ3) is 7.68. The molecule has 4 aromatic rings. The Labute approximate surface area is 276 Å². The number of likely N-dealkylation sites (N-methyl/N-ethyl adjacent to an activating group) is 1. The van der Waals surface area contributed by atoms with Gasteiger partial charge in [-0.2, -0.15) is 0 Å². The van der Waals surface area contributed by atoms with Crippen molar-refractivity contribution in [3.8, 4) is 0 Å². The average molecular weight is 664 g/mol. The zero-order valence-corrected chi connectivity index (χ0v) is 27.0. The molecule has 12 nitrogen and oxygen atoms in total. The zero-order chi connectivity index (χ0) is 32.6. The number of nitrogens with two attached hydrogens (primary N) is 2. The Morgan fingerprint density at radius 3 is 2.65 bits per heavy atom. The highest BCUT2D eigenvalue weighted by Crippen LogP contribution is 2.36. The zero-order valence-electron chi connectivity index (χ0n) is 25.5. The maximum Gasteiger partial charge on any atom is 0.246 e. The second-order valence-electron chi connectivity index (χ2n) is 11.1. The largest absolute Gasteiger partial charge is 0.361 e. The summed E-state index contributed by atoms with van der Waals surface area (Å²) in [6, 6.07) is 8.85. The van der Waals surface area contributed by atoms with Crippen LogP contribution in [0.25, 0.3) is 10.9 Å². The molecule has 0 bridgehead atoms. The topological polar surface area (TPSA) is 184 Å². The molecule has 3 aromatic heterocycles. The molecule has 46 heavy (non-hydrogen) atoms. The van der Waals surface area contributed by atoms with E-state index in [1.165, 1.54) is 16.7 Å². The molecule has 3 atom stereocenters. The van der Waals surface area contributed by atoms with E-state index in [0.29, 0.717) is 46.4 Å². The Morgan fingerprint density at radius 1 is 1.02 bits per heavy atom. The van der Waals surface area contributed by atoms with Gasteiger partial charge in [0.2, 0.25) is 17.7 Å². The Balaban J connectivity index is 1.54. The standard InChI is InChI=1S/C32H38ClN9O3S/c1-42-27(12-20-16-38-24-8-3-2-7-22(20)24)30(44)40-17-21-14-36-18-23(33)28(21)46-31-19(6-5-11-37-31)15-39-25(9-4-10-34)29(43)41-26(13-35)32(42)45/h2-3,5-8,11,14,16,18,25-27,38-39H,4,9-10,12-13,15,17,34-35H2,1H3,(H,40,44)(H,41,43)/t25-,26-,27-/m0/s1. The van der Waals surface area contributed by atoms with Gasteiger partial charge in [0.05, 0.1) is 11.1 Å². The second kappa shape index (κ2) is 15.5. The molecule has 0 saturated carbocycles. The number of aromatic nitrogens is 3. The monoisotopic (exact) mass is 663 g/mol. The first-order valence-electron chi connectivity index (χ1n) is 15.1. The summed E-state index contributed by atoms with van der Waals surface area (Å²) in [4.78, 5) is 55.6. The highest BCUT2D eigenvalue weighted by Gasteiger charge is 2.33. The van der Waals surface area contributed by atoms with Crippen LogP contribution in [0.15, 0.2) is 71.1 Å². The molecule has 4 heterocycles. The van der Waals surface area contributed by atoms with Crippen LogP contribution in [-0.4, -0.2) is 75.8 Å². The van der Waals surface area contributed by atoms with Crippen LogP contribution in [0.1, 0.15) is 29.5 Å². The van der Waals surface area contributed by atoms with E-state index in [1.54, 1.807) is 25.6 Å². The quantitative estimate of drug-likeness (QED) is 0.180. The number of H-pyrrole nitrogens is 1. The van der Waals surface area contributed by atoms with Crippen molar-refractivity contribution in [2.75, 3.05) is 20.1 Å². The van der Waals surface area contributed by atoms with Gasteiger partial charge in [-0.3, -0.25) is 19.4 Å². The molecule has 3 amide bonds. The molecule has 0 aliphatic carbocycles. The normalized spacial score (nSPS) is 20.0. The average Bonchev–Trinajstić information content (AvgIpc) is 3.48. The summed E-state index contributed by atoms with van der Waals surface area (Å²) in [5, 5.41) is 11.2. The van der Waals surface area contributed by atoms with Crippen molar-refractivity contribution >= 4 is 52.0 Å². The molecule has 0 fully saturated rings. The summed E-state index contributed by atoms with van der Waals surface area (Å²) in [5.41, 5.74) is 15.1. The summed E-state index contributed by atoms with van der Waals surface area (Å²) in [6.07, 6.45) is 7.98. The predicted molar refractivity (Wildman–Crippen MR) is 178 cm³/mol. The Hall–Kier alpha value is -4.01. The van der Waals surface area contributed by atoms with Gasteiger partial charge in [0.15, 0.2) is 0 Å². The van der Waals surface area contributed by atoms with E-state index >= 15 is 0 Å². The first kappa shape index (κ1) is 33.4. The van der Waals surface area contributed by atoms with Gasteiger partial charge in [-0.15, -0.1) is 0 Å². The lowest BCUT2D eigenvalue weighted by Gasteiger charge is -2.31. The van der Waals surface area contributed by atoms with E-state index in [1.807, 2.05) is 42.6 Å². The van der Waals surface area contributed by atoms with Crippen LogP contribution in [0, 0.1) is 0 Å². The van der Waals surface area contributed by atoms with E-state index in [0.717, 1.165) is 22.0 Å². The lowest BCUT2D eigenvalue weighted by atomic mass is 10.0. The van der Waals surface area contributed by atoms with Gasteiger partial charge >= 0.3 is 0 Å². The summed E-state index contributed by atoms with van der Waals surface area (Å²) >= 11 is 8.01. The van der Waals surface area contributed by atoms with Crippen molar-refractivity contribution in [3.63, 3.8) is 0 Å². The van der Waals surface area contributed by atoms with Crippen molar-refractivity contribution in [3.05, 3.63) is 82.9 Å². The Kier molecular flexibility index (Phi) is 11.3. The summed E-state index contributed by atoms with van der Waals surface area (Å²) < 4.78 is 0. The number of halogens is 1. The van der Waals surface area contributed by atoms with Crippen molar-refractivity contribution in [2.45, 2.75) is 60.4 Å². The molecule has 0 saturated heterocycles. The van der Waals surface area contributed by atoms with Crippen LogP contribution in [-0.2, 0) is 33.9 Å². The molecular formula is C32H38ClN9O3S. The third-order valence-corrected chi connectivity index (χ3v) is 9.68. The lowest BCUT2D eigenvalue weighted by molar-refractivity contribution is -0.141. The molecular weight excluding hydrogens is 626 g/mol. The minimum atomic E-state index is -1.05. The van der Waals surface area contributed by atoms with Crippen molar-refractivity contribution in [2.24, 2.45) is 11.5 Å². The number of hydrogen-bond donors (Lipinski definition) is 6. The van der Waals surface area contributed by atoms with Gasteiger partial charge in [-0.05, 0) is 42.6 Å². The third-order valence-electron chi connectivity index (χ3n) is 8.04. The van der Waals surface area contributed by atoms with Crippen LogP contribution >= 0.6 is 23.4 Å². The van der Waals surface area contributed by atoms with Gasteiger partial charge in [0, 0.05) is 79.3 Å². The SMILES string of the molecule is CN1C(=O)[C@H](CN)NC(=O)[C@H](CCCN)NCc2cccnc2Sc2c(Cl)cncc2CNC(=O)[C@@H]1Cc1c[nH]c2ccccc12. The number of carbonyl (C=O) groups is 3. The summed E-state index contributed by atoms with van der Waals surface area (Å²) in [6.45, 7) is 0.678. The van der Waals surface area contributed by atoms with E-state index in [4.69, 9.17) is 23.1 Å². The first-order valence-corrected chi connectivity index (χ1v) is 16.3. The van der Waals surface area contributed by atoms with Gasteiger partial charge in [0.1, 0.15) is 17.1 Å². The molecule has 1 aromatic carbocycles. The molecule has 0 spiro atoms. The fraction of sp³-hybridized carbons (Fsp3) is 0.344. The van der Waals surface area contributed by atoms with Gasteiger partial charge in [-0.25, -0.2) is 4.98 Å². The minimum Gasteiger partial charge on any atom is -0.361 e. The van der Waals surface area contributed by atoms with Gasteiger partial charge < -0.3 is 37.3 Å². The van der Waals surface area contributed by atoms with E-state index in [9.17, 15) is 14.4 Å². The maximum absolute atomic E-state index is 14.0. The maximum atomic E-state index is 14.0. The van der Waals surface area contributed by atoms with Crippen molar-refractivity contribution in [1.29, 1.82) is 0 Å². The number of amides is 3. The number of nitrogens with one attached hydrogen (secondary N) is 4. The molecule has 1 aliphatic rings. The number of pyridine rings is 2. The number of benzene rings is 1. The van der Waals surface area contributed by atoms with Crippen molar-refractivity contribution in [1.82, 2.24) is 35.8 Å². The summed E-state index contributed by atoms with van der Waals surface area (Å²) in [7, 11) is 1.55. The predicted octanol–water partition coefficient (Wildman–Crippen LogP) is 2.10. The second-order valence-corrected chi connectivity index (χ2v) is 12.5. The molecule has 5 rings (SSSR count). The van der Waals surface area contributed by atoms with Crippen LogP contribution in [0.5, 0.6) is 0 Å². The van der Waals surface area contributed by atoms with E-state index in [2.05, 4.69) is 30.9 Å². The smallest absolute Gasteiger partial charge is 0.246 e. The fourth-order valence-corrected chi connectivity index (χ4v) is 6.72. The molecule has 14 heteroatoms. The van der Waals surface area contributed by atoms with Crippen LogP contribution in [0.2, 0.25) is 5.02 Å². The molecule has 242 valence electrons. The highest BCUT2D eigenvalue weighted by molar-refractivity contribution is 7.99. The lowest BCUT2D eigenvalue weighted by Crippen LogP contribution is -2.59. The number of carbonyl (C=O) groups excluding carboxylic acids is 3. The molecule has 8 N–H and O–H groups in total. The highest BCUT2D eigenvalue weighted by atomic mass is 35.5. The fourth-order valence-electron chi connectivity index (χ4n) is 5.44. The van der Waals surface area contributed by atoms with Gasteiger partial charge in [-0.1, -0.05) is 47.6 Å². The Morgan fingerprint density at radius 2 is 1.85 bits per heavy atom. The number of fused-ring (bicyclic) bond motifs is 3. The van der Waals surface area contributed by atoms with E-state index < -0.39 is 24.0 Å². The summed E-state index contributed by atoms with van der Waals surface area (Å²) in [5.74, 6) is -1.25. The number of rotatable bonds is 6. The van der Waals surface area contributed by atoms with E-state index in [-0.39, 0.29) is 31.3 Å². The number of para-hydroxylation sites is 1. The molecule has 0 radical (unpaired) electrons. The number of aromatic amines is 1. The molecule has 1 aliphatic heterocycles. The van der Waals surface area contributed by atoms with Gasteiger partial charge in [0.25, 0.3) is 0 Å². The number of nitrogens with zero attached hydrogens (tertiary/aromatic N) is 3. The van der Waals surface area contributed by atoms with Crippen LogP contribution in [0.4, 0.5) is 0 Å². The van der Waals surface area contributed by atoms with Crippen molar-refractivity contribution < 1.29 is 14.4 Å². The minimum absolute atomic E-state index is 0.111. The Bertz CT molecular complexity index is 1700.